The summed E-state index contributed by atoms with van der Waals surface area (Å²) in [6.45, 7) is 9.23. The average Bonchev–Trinajstić information content (AvgIpc) is 3.30. The first kappa shape index (κ1) is 27.9. The van der Waals surface area contributed by atoms with E-state index in [1.807, 2.05) is 26.0 Å². The highest BCUT2D eigenvalue weighted by Crippen LogP contribution is 2.33. The quantitative estimate of drug-likeness (QED) is 0.341. The van der Waals surface area contributed by atoms with E-state index >= 15 is 0 Å². The second-order valence-electron chi connectivity index (χ2n) is 10.9. The van der Waals surface area contributed by atoms with E-state index in [9.17, 15) is 5.11 Å². The van der Waals surface area contributed by atoms with Crippen molar-refractivity contribution in [3.63, 3.8) is 0 Å². The maximum atomic E-state index is 12.7. The molecule has 0 amide bonds. The fourth-order valence-corrected chi connectivity index (χ4v) is 5.08. The molecule has 1 aliphatic rings. The molecule has 0 aliphatic carbocycles. The SMILES string of the molecule is CCC(C)CC(CC(c1ccccc1)=c1ccc(=C([O-])OCCC2COC(C)(C)O2)cc1)c1ccccc1. The molecule has 3 unspecified atom stereocenters. The number of hydrogen-bond acceptors (Lipinski definition) is 4. The predicted molar refractivity (Wildman–Crippen MR) is 151 cm³/mol. The van der Waals surface area contributed by atoms with Gasteiger partial charge in [0.1, 0.15) is 0 Å². The van der Waals surface area contributed by atoms with E-state index in [4.69, 9.17) is 14.2 Å². The van der Waals surface area contributed by atoms with Crippen molar-refractivity contribution in [1.82, 2.24) is 0 Å². The predicted octanol–water partition coefficient (Wildman–Crippen LogP) is 5.48. The van der Waals surface area contributed by atoms with Crippen LogP contribution in [0.1, 0.15) is 70.4 Å². The fourth-order valence-electron chi connectivity index (χ4n) is 5.08. The van der Waals surface area contributed by atoms with Gasteiger partial charge in [-0.2, -0.15) is 0 Å². The molecule has 1 fully saturated rings. The Hall–Kier alpha value is -3.08. The summed E-state index contributed by atoms with van der Waals surface area (Å²) in [7, 11) is 0. The minimum absolute atomic E-state index is 0.0452. The molecule has 0 radical (unpaired) electrons. The second kappa shape index (κ2) is 13.1. The molecule has 3 atom stereocenters. The Kier molecular flexibility index (Phi) is 9.65. The fraction of sp³-hybridized carbons (Fsp3) is 0.412. The third kappa shape index (κ3) is 7.72. The first-order chi connectivity index (χ1) is 18.3. The lowest BCUT2D eigenvalue weighted by atomic mass is 9.82. The zero-order valence-electron chi connectivity index (χ0n) is 23.2. The van der Waals surface area contributed by atoms with E-state index in [-0.39, 0.29) is 12.0 Å². The highest BCUT2D eigenvalue weighted by molar-refractivity contribution is 5.66. The Morgan fingerprint density at radius 1 is 0.947 bits per heavy atom. The van der Waals surface area contributed by atoms with Gasteiger partial charge in [-0.25, -0.2) is 0 Å². The van der Waals surface area contributed by atoms with Crippen LogP contribution >= 0.6 is 0 Å². The van der Waals surface area contributed by atoms with Crippen molar-refractivity contribution in [1.29, 1.82) is 0 Å². The van der Waals surface area contributed by atoms with Crippen LogP contribution in [0.3, 0.4) is 0 Å². The van der Waals surface area contributed by atoms with Gasteiger partial charge in [-0.05, 0) is 78.7 Å². The van der Waals surface area contributed by atoms with E-state index < -0.39 is 5.79 Å². The number of ether oxygens (including phenoxy) is 3. The van der Waals surface area contributed by atoms with Gasteiger partial charge in [-0.1, -0.05) is 105 Å². The van der Waals surface area contributed by atoms with Gasteiger partial charge in [0.25, 0.3) is 0 Å². The highest BCUT2D eigenvalue weighted by Gasteiger charge is 2.31. The van der Waals surface area contributed by atoms with Crippen molar-refractivity contribution in [3.05, 3.63) is 106 Å². The first-order valence-electron chi connectivity index (χ1n) is 13.9. The Labute approximate surface area is 227 Å². The van der Waals surface area contributed by atoms with Gasteiger partial charge >= 0.3 is 0 Å². The largest absolute Gasteiger partial charge is 0.613 e. The summed E-state index contributed by atoms with van der Waals surface area (Å²) in [6.07, 6.45) is 3.81. The molecule has 1 aliphatic heterocycles. The summed E-state index contributed by atoms with van der Waals surface area (Å²) < 4.78 is 16.9. The summed E-state index contributed by atoms with van der Waals surface area (Å²) >= 11 is 0. The number of rotatable bonds is 11. The molecule has 202 valence electrons. The van der Waals surface area contributed by atoms with Gasteiger partial charge in [0.05, 0.1) is 18.7 Å². The maximum absolute atomic E-state index is 12.7. The lowest BCUT2D eigenvalue weighted by Gasteiger charge is -2.23. The third-order valence-electron chi connectivity index (χ3n) is 7.44. The summed E-state index contributed by atoms with van der Waals surface area (Å²) in [4.78, 5) is 0. The minimum Gasteiger partial charge on any atom is -0.613 e. The molecule has 0 N–H and O–H groups in total. The second-order valence-corrected chi connectivity index (χ2v) is 10.9. The molecule has 0 bridgehead atoms. The van der Waals surface area contributed by atoms with Crippen LogP contribution in [0.2, 0.25) is 0 Å². The molecule has 0 spiro atoms. The van der Waals surface area contributed by atoms with Crippen molar-refractivity contribution >= 4 is 11.5 Å². The lowest BCUT2D eigenvalue weighted by molar-refractivity contribution is -0.292. The van der Waals surface area contributed by atoms with Crippen molar-refractivity contribution in [2.24, 2.45) is 5.92 Å². The summed E-state index contributed by atoms with van der Waals surface area (Å²) in [5, 5.41) is 14.4. The van der Waals surface area contributed by atoms with E-state index in [1.54, 1.807) is 0 Å². The van der Waals surface area contributed by atoms with Crippen LogP contribution in [-0.2, 0) is 14.2 Å². The smallest absolute Gasteiger partial charge is 0.163 e. The average molecular weight is 514 g/mol. The third-order valence-corrected chi connectivity index (χ3v) is 7.44. The molecule has 0 saturated carbocycles. The van der Waals surface area contributed by atoms with Gasteiger partial charge < -0.3 is 19.3 Å². The van der Waals surface area contributed by atoms with Crippen molar-refractivity contribution < 1.29 is 19.3 Å². The molecule has 4 nitrogen and oxygen atoms in total. The minimum atomic E-state index is -0.564. The van der Waals surface area contributed by atoms with Crippen LogP contribution < -0.4 is 15.5 Å². The van der Waals surface area contributed by atoms with Crippen molar-refractivity contribution in [2.75, 3.05) is 13.2 Å². The molecule has 1 saturated heterocycles. The number of benzene rings is 3. The summed E-state index contributed by atoms with van der Waals surface area (Å²) in [6, 6.07) is 29.3. The Morgan fingerprint density at radius 2 is 1.58 bits per heavy atom. The first-order valence-corrected chi connectivity index (χ1v) is 13.9. The molecule has 4 rings (SSSR count). The van der Waals surface area contributed by atoms with E-state index in [0.29, 0.717) is 36.7 Å². The molecule has 1 heterocycles. The monoisotopic (exact) mass is 513 g/mol. The highest BCUT2D eigenvalue weighted by atomic mass is 16.7. The Bertz CT molecular complexity index is 1240. The van der Waals surface area contributed by atoms with Crippen LogP contribution in [0.5, 0.6) is 0 Å². The molecular formula is C34H41O4-. The number of hydrogen-bond donors (Lipinski definition) is 0. The van der Waals surface area contributed by atoms with Crippen LogP contribution in [-0.4, -0.2) is 25.1 Å². The Morgan fingerprint density at radius 3 is 2.18 bits per heavy atom. The standard InChI is InChI=1S/C34H42O4/c1-5-25(2)22-30(26-12-8-6-9-13-26)23-32(27-14-10-7-11-15-27)28-16-18-29(19-17-28)33(35)36-21-20-31-24-37-34(3,4)38-31/h6-19,25,30-31,35H,5,20-24H2,1-4H3/p-1. The van der Waals surface area contributed by atoms with Gasteiger partial charge in [0.2, 0.25) is 0 Å². The molecule has 38 heavy (non-hydrogen) atoms. The van der Waals surface area contributed by atoms with Gasteiger partial charge in [0.15, 0.2) is 5.79 Å². The van der Waals surface area contributed by atoms with Crippen LogP contribution in [0.4, 0.5) is 0 Å². The van der Waals surface area contributed by atoms with Gasteiger partial charge in [-0.3, -0.25) is 0 Å². The van der Waals surface area contributed by atoms with Crippen LogP contribution in [0, 0.1) is 5.92 Å². The Balaban J connectivity index is 1.59. The molecule has 4 heteroatoms. The maximum Gasteiger partial charge on any atom is 0.163 e. The topological polar surface area (TPSA) is 50.8 Å². The zero-order valence-corrected chi connectivity index (χ0v) is 23.2. The lowest BCUT2D eigenvalue weighted by Crippen LogP contribution is -2.24. The van der Waals surface area contributed by atoms with Crippen LogP contribution in [0.25, 0.3) is 11.5 Å². The normalized spacial score (nSPS) is 18.1. The van der Waals surface area contributed by atoms with E-state index in [1.165, 1.54) is 23.1 Å². The van der Waals surface area contributed by atoms with E-state index in [2.05, 4.69) is 86.6 Å². The summed E-state index contributed by atoms with van der Waals surface area (Å²) in [5.74, 6) is 0.181. The zero-order chi connectivity index (χ0) is 27.0. The van der Waals surface area contributed by atoms with Crippen molar-refractivity contribution in [2.45, 2.75) is 71.2 Å². The molecule has 3 aromatic rings. The van der Waals surface area contributed by atoms with Gasteiger partial charge in [0, 0.05) is 0 Å². The van der Waals surface area contributed by atoms with Crippen LogP contribution in [0.15, 0.2) is 84.9 Å². The summed E-state index contributed by atoms with van der Waals surface area (Å²) in [5.41, 5.74) is 3.89. The van der Waals surface area contributed by atoms with Crippen molar-refractivity contribution in [3.8, 4) is 0 Å². The molecular weight excluding hydrogens is 472 g/mol. The molecule has 3 aromatic carbocycles. The van der Waals surface area contributed by atoms with E-state index in [0.717, 1.165) is 18.1 Å². The van der Waals surface area contributed by atoms with Gasteiger partial charge in [-0.15, -0.1) is 0 Å². The molecule has 0 aromatic heterocycles.